The van der Waals surface area contributed by atoms with E-state index in [2.05, 4.69) is 5.32 Å². The van der Waals surface area contributed by atoms with Gasteiger partial charge in [0.15, 0.2) is 0 Å². The third-order valence-electron chi connectivity index (χ3n) is 4.82. The molecule has 0 unspecified atom stereocenters. The van der Waals surface area contributed by atoms with Gasteiger partial charge >= 0.3 is 0 Å². The Morgan fingerprint density at radius 1 is 1.06 bits per heavy atom. The lowest BCUT2D eigenvalue weighted by atomic mass is 10.1. The molecule has 0 radical (unpaired) electrons. The van der Waals surface area contributed by atoms with Crippen LogP contribution < -0.4 is 9.62 Å². The van der Waals surface area contributed by atoms with Crippen molar-refractivity contribution >= 4 is 62.3 Å². The molecule has 2 aromatic carbocycles. The molecule has 2 amide bonds. The van der Waals surface area contributed by atoms with Crippen molar-refractivity contribution in [1.82, 2.24) is 10.2 Å². The van der Waals surface area contributed by atoms with Gasteiger partial charge in [0.1, 0.15) is 12.6 Å². The smallest absolute Gasteiger partial charge is 0.244 e. The number of anilines is 1. The highest BCUT2D eigenvalue weighted by Crippen LogP contribution is 2.30. The van der Waals surface area contributed by atoms with Crippen LogP contribution in [0.3, 0.4) is 0 Å². The zero-order valence-corrected chi connectivity index (χ0v) is 21.6. The molecule has 0 aliphatic carbocycles. The monoisotopic (exact) mass is 533 g/mol. The van der Waals surface area contributed by atoms with Gasteiger partial charge in [-0.2, -0.15) is 0 Å². The highest BCUT2D eigenvalue weighted by molar-refractivity contribution is 7.92. The first-order valence-corrected chi connectivity index (χ1v) is 13.2. The van der Waals surface area contributed by atoms with Crippen LogP contribution in [0.15, 0.2) is 42.5 Å². The Bertz CT molecular complexity index is 1110. The molecular formula is C22H26Cl3N3O4S. The van der Waals surface area contributed by atoms with E-state index >= 15 is 0 Å². The van der Waals surface area contributed by atoms with Crippen LogP contribution in [-0.2, 0) is 26.2 Å². The number of carbonyl (C=O) groups excluding carboxylic acids is 2. The lowest BCUT2D eigenvalue weighted by Crippen LogP contribution is -2.51. The SMILES string of the molecule is CCCNC(=O)[C@H](C)N(Cc1cccc(Cl)c1)C(=O)CN(c1ccc(Cl)cc1Cl)S(C)(=O)=O. The van der Waals surface area contributed by atoms with Crippen molar-refractivity contribution in [2.45, 2.75) is 32.9 Å². The zero-order chi connectivity index (χ0) is 24.8. The van der Waals surface area contributed by atoms with Gasteiger partial charge in [-0.05, 0) is 49.2 Å². The van der Waals surface area contributed by atoms with Crippen molar-refractivity contribution in [1.29, 1.82) is 0 Å². The van der Waals surface area contributed by atoms with Crippen LogP contribution in [0.2, 0.25) is 15.1 Å². The Morgan fingerprint density at radius 3 is 2.30 bits per heavy atom. The van der Waals surface area contributed by atoms with Crippen LogP contribution in [-0.4, -0.2) is 50.5 Å². The maximum atomic E-state index is 13.4. The fourth-order valence-electron chi connectivity index (χ4n) is 3.09. The lowest BCUT2D eigenvalue weighted by molar-refractivity contribution is -0.139. The molecule has 0 saturated heterocycles. The number of hydrogen-bond acceptors (Lipinski definition) is 4. The van der Waals surface area contributed by atoms with E-state index in [-0.39, 0.29) is 23.2 Å². The number of halogens is 3. The molecule has 1 atom stereocenters. The normalized spacial score (nSPS) is 12.2. The summed E-state index contributed by atoms with van der Waals surface area (Å²) in [6.45, 7) is 3.48. The summed E-state index contributed by atoms with van der Waals surface area (Å²) in [6.07, 6.45) is 1.71. The van der Waals surface area contributed by atoms with Crippen molar-refractivity contribution in [2.24, 2.45) is 0 Å². The molecule has 0 fully saturated rings. The number of amides is 2. The van der Waals surface area contributed by atoms with Crippen molar-refractivity contribution in [2.75, 3.05) is 23.7 Å². The van der Waals surface area contributed by atoms with E-state index in [0.29, 0.717) is 22.2 Å². The quantitative estimate of drug-likeness (QED) is 0.491. The number of rotatable bonds is 10. The highest BCUT2D eigenvalue weighted by Gasteiger charge is 2.30. The molecule has 0 spiro atoms. The third kappa shape index (κ3) is 7.78. The summed E-state index contributed by atoms with van der Waals surface area (Å²) in [5.74, 6) is -0.923. The zero-order valence-electron chi connectivity index (χ0n) is 18.5. The largest absolute Gasteiger partial charge is 0.354 e. The molecule has 2 aromatic rings. The van der Waals surface area contributed by atoms with Crippen LogP contribution in [0.1, 0.15) is 25.8 Å². The summed E-state index contributed by atoms with van der Waals surface area (Å²) in [4.78, 5) is 27.4. The summed E-state index contributed by atoms with van der Waals surface area (Å²) in [6, 6.07) is 10.3. The number of nitrogens with one attached hydrogen (secondary N) is 1. The lowest BCUT2D eigenvalue weighted by Gasteiger charge is -2.31. The first kappa shape index (κ1) is 27.2. The van der Waals surface area contributed by atoms with Gasteiger partial charge in [-0.1, -0.05) is 53.9 Å². The van der Waals surface area contributed by atoms with Gasteiger partial charge in [0, 0.05) is 23.1 Å². The number of carbonyl (C=O) groups is 2. The van der Waals surface area contributed by atoms with Crippen LogP contribution in [0, 0.1) is 0 Å². The van der Waals surface area contributed by atoms with E-state index in [0.717, 1.165) is 17.0 Å². The first-order chi connectivity index (χ1) is 15.4. The number of hydrogen-bond donors (Lipinski definition) is 1. The van der Waals surface area contributed by atoms with Crippen LogP contribution in [0.25, 0.3) is 0 Å². The molecule has 0 saturated carbocycles. The predicted octanol–water partition coefficient (Wildman–Crippen LogP) is 4.36. The second kappa shape index (κ2) is 11.9. The molecule has 2 rings (SSSR count). The molecule has 0 heterocycles. The van der Waals surface area contributed by atoms with Gasteiger partial charge in [-0.25, -0.2) is 8.42 Å². The summed E-state index contributed by atoms with van der Waals surface area (Å²) in [5, 5.41) is 3.65. The van der Waals surface area contributed by atoms with E-state index in [9.17, 15) is 18.0 Å². The molecular weight excluding hydrogens is 509 g/mol. The van der Waals surface area contributed by atoms with Crippen LogP contribution in [0.5, 0.6) is 0 Å². The number of nitrogens with zero attached hydrogens (tertiary/aromatic N) is 2. The molecule has 0 aliphatic heterocycles. The minimum absolute atomic E-state index is 0.0616. The molecule has 1 N–H and O–H groups in total. The average Bonchev–Trinajstić information content (AvgIpc) is 2.73. The Balaban J connectivity index is 2.40. The minimum Gasteiger partial charge on any atom is -0.354 e. The highest BCUT2D eigenvalue weighted by atomic mass is 35.5. The van der Waals surface area contributed by atoms with Crippen molar-refractivity contribution in [3.8, 4) is 0 Å². The Morgan fingerprint density at radius 2 is 1.73 bits per heavy atom. The van der Waals surface area contributed by atoms with Gasteiger partial charge in [0.25, 0.3) is 0 Å². The van der Waals surface area contributed by atoms with Gasteiger partial charge in [-0.3, -0.25) is 13.9 Å². The van der Waals surface area contributed by atoms with Gasteiger partial charge in [-0.15, -0.1) is 0 Å². The van der Waals surface area contributed by atoms with Crippen molar-refractivity contribution < 1.29 is 18.0 Å². The second-order valence-electron chi connectivity index (χ2n) is 7.48. The molecule has 11 heteroatoms. The average molecular weight is 535 g/mol. The molecule has 33 heavy (non-hydrogen) atoms. The van der Waals surface area contributed by atoms with Crippen molar-refractivity contribution in [3.63, 3.8) is 0 Å². The van der Waals surface area contributed by atoms with Gasteiger partial charge in [0.2, 0.25) is 21.8 Å². The maximum Gasteiger partial charge on any atom is 0.244 e. The van der Waals surface area contributed by atoms with E-state index in [1.165, 1.54) is 23.1 Å². The summed E-state index contributed by atoms with van der Waals surface area (Å²) in [7, 11) is -3.88. The second-order valence-corrected chi connectivity index (χ2v) is 10.7. The van der Waals surface area contributed by atoms with Crippen LogP contribution >= 0.6 is 34.8 Å². The minimum atomic E-state index is -3.88. The molecule has 0 aliphatic rings. The Labute approximate surface area is 209 Å². The molecule has 180 valence electrons. The van der Waals surface area contributed by atoms with Crippen LogP contribution in [0.4, 0.5) is 5.69 Å². The maximum absolute atomic E-state index is 13.4. The Kier molecular flexibility index (Phi) is 9.84. The topological polar surface area (TPSA) is 86.8 Å². The number of sulfonamides is 1. The van der Waals surface area contributed by atoms with E-state index < -0.39 is 28.5 Å². The predicted molar refractivity (Wildman–Crippen MR) is 133 cm³/mol. The van der Waals surface area contributed by atoms with Gasteiger partial charge in [0.05, 0.1) is 17.0 Å². The summed E-state index contributed by atoms with van der Waals surface area (Å²) >= 11 is 18.2. The first-order valence-electron chi connectivity index (χ1n) is 10.2. The van der Waals surface area contributed by atoms with E-state index in [1.807, 2.05) is 6.92 Å². The molecule has 0 aromatic heterocycles. The molecule has 0 bridgehead atoms. The summed E-state index contributed by atoms with van der Waals surface area (Å²) in [5.41, 5.74) is 0.809. The third-order valence-corrected chi connectivity index (χ3v) is 6.72. The summed E-state index contributed by atoms with van der Waals surface area (Å²) < 4.78 is 26.0. The van der Waals surface area contributed by atoms with E-state index in [4.69, 9.17) is 34.8 Å². The fraction of sp³-hybridized carbons (Fsp3) is 0.364. The van der Waals surface area contributed by atoms with E-state index in [1.54, 1.807) is 31.2 Å². The Hall–Kier alpha value is -2.00. The number of benzene rings is 2. The van der Waals surface area contributed by atoms with Gasteiger partial charge < -0.3 is 10.2 Å². The standard InChI is InChI=1S/C22H26Cl3N3O4S/c1-4-10-26-22(30)15(2)27(13-16-6-5-7-17(23)11-16)21(29)14-28(33(3,31)32)20-9-8-18(24)12-19(20)25/h5-9,11-12,15H,4,10,13-14H2,1-3H3,(H,26,30)/t15-/m0/s1. The fourth-order valence-corrected chi connectivity index (χ4v) is 4.72. The van der Waals surface area contributed by atoms with Crippen molar-refractivity contribution in [3.05, 3.63) is 63.1 Å². The molecule has 7 nitrogen and oxygen atoms in total.